The molecule has 0 atom stereocenters. The van der Waals surface area contributed by atoms with Crippen LogP contribution in [0.3, 0.4) is 0 Å². The molecule has 2 rings (SSSR count). The van der Waals surface area contributed by atoms with E-state index in [1.807, 2.05) is 38.1 Å². The van der Waals surface area contributed by atoms with Crippen molar-refractivity contribution < 1.29 is 0 Å². The maximum Gasteiger partial charge on any atom is 0.193 e. The number of nitrogens with one attached hydrogen (secondary N) is 1. The van der Waals surface area contributed by atoms with Crippen LogP contribution in [0.2, 0.25) is 0 Å². The first kappa shape index (κ1) is 14.6. The molecule has 2 aromatic rings. The van der Waals surface area contributed by atoms with E-state index in [-0.39, 0.29) is 0 Å². The van der Waals surface area contributed by atoms with Crippen LogP contribution in [0.5, 0.6) is 0 Å². The van der Waals surface area contributed by atoms with Gasteiger partial charge in [-0.15, -0.1) is 0 Å². The van der Waals surface area contributed by atoms with Crippen LogP contribution in [-0.2, 0) is 13.1 Å². The van der Waals surface area contributed by atoms with Crippen LogP contribution in [0.1, 0.15) is 11.1 Å². The van der Waals surface area contributed by atoms with Gasteiger partial charge in [-0.2, -0.15) is 16.4 Å². The molecule has 0 fully saturated rings. The number of thiophene rings is 1. The van der Waals surface area contributed by atoms with Crippen molar-refractivity contribution in [3.05, 3.63) is 40.3 Å². The number of guanidine groups is 1. The van der Waals surface area contributed by atoms with Crippen LogP contribution in [0.25, 0.3) is 0 Å². The summed E-state index contributed by atoms with van der Waals surface area (Å²) in [4.78, 5) is 6.43. The van der Waals surface area contributed by atoms with E-state index in [0.29, 0.717) is 0 Å². The molecule has 0 amide bonds. The summed E-state index contributed by atoms with van der Waals surface area (Å²) in [5.74, 6) is 0.903. The fourth-order valence-corrected chi connectivity index (χ4v) is 2.65. The Balaban J connectivity index is 1.80. The molecule has 5 nitrogen and oxygen atoms in total. The second kappa shape index (κ2) is 7.09. The molecule has 0 aliphatic carbocycles. The van der Waals surface area contributed by atoms with E-state index in [1.165, 1.54) is 11.1 Å². The molecule has 0 aliphatic rings. The number of aromatic nitrogens is 2. The molecule has 0 saturated carbocycles. The van der Waals surface area contributed by atoms with Gasteiger partial charge in [-0.3, -0.25) is 9.67 Å². The summed E-state index contributed by atoms with van der Waals surface area (Å²) in [6, 6.07) is 2.14. The predicted molar refractivity (Wildman–Crippen MR) is 84.1 cm³/mol. The SMILES string of the molecule is CN=C(NCCn1cc(C)cn1)N(C)Cc1ccsc1. The van der Waals surface area contributed by atoms with Crippen LogP contribution < -0.4 is 5.32 Å². The first-order chi connectivity index (χ1) is 9.69. The van der Waals surface area contributed by atoms with Crippen molar-refractivity contribution in [3.8, 4) is 0 Å². The normalized spacial score (nSPS) is 11.7. The molecule has 108 valence electrons. The number of aryl methyl sites for hydroxylation is 1. The lowest BCUT2D eigenvalue weighted by atomic mass is 10.3. The third-order valence-corrected chi connectivity index (χ3v) is 3.69. The van der Waals surface area contributed by atoms with Gasteiger partial charge in [0.1, 0.15) is 0 Å². The van der Waals surface area contributed by atoms with E-state index in [2.05, 4.69) is 37.1 Å². The number of rotatable bonds is 5. The highest BCUT2D eigenvalue weighted by atomic mass is 32.1. The van der Waals surface area contributed by atoms with Gasteiger partial charge < -0.3 is 10.2 Å². The lowest BCUT2D eigenvalue weighted by Crippen LogP contribution is -2.39. The lowest BCUT2D eigenvalue weighted by Gasteiger charge is -2.21. The van der Waals surface area contributed by atoms with Crippen molar-refractivity contribution in [3.63, 3.8) is 0 Å². The van der Waals surface area contributed by atoms with Crippen LogP contribution in [0, 0.1) is 6.92 Å². The predicted octanol–water partition coefficient (Wildman–Crippen LogP) is 1.96. The minimum atomic E-state index is 0.807. The smallest absolute Gasteiger partial charge is 0.193 e. The summed E-state index contributed by atoms with van der Waals surface area (Å²) in [5, 5.41) is 11.9. The van der Waals surface area contributed by atoms with Crippen LogP contribution in [-0.4, -0.2) is 41.3 Å². The number of hydrogen-bond acceptors (Lipinski definition) is 3. The summed E-state index contributed by atoms with van der Waals surface area (Å²) in [6.45, 7) is 4.55. The van der Waals surface area contributed by atoms with Gasteiger partial charge in [0.25, 0.3) is 0 Å². The molecule has 0 radical (unpaired) electrons. The third-order valence-electron chi connectivity index (χ3n) is 2.96. The van der Waals surface area contributed by atoms with Crippen LogP contribution in [0.4, 0.5) is 0 Å². The second-order valence-electron chi connectivity index (χ2n) is 4.74. The molecule has 0 unspecified atom stereocenters. The van der Waals surface area contributed by atoms with Crippen molar-refractivity contribution in [1.82, 2.24) is 20.0 Å². The first-order valence-electron chi connectivity index (χ1n) is 6.61. The average Bonchev–Trinajstić information content (AvgIpc) is 3.06. The average molecular weight is 291 g/mol. The van der Waals surface area contributed by atoms with Gasteiger partial charge in [0, 0.05) is 33.4 Å². The molecular weight excluding hydrogens is 270 g/mol. The Labute approximate surface area is 123 Å². The largest absolute Gasteiger partial charge is 0.354 e. The Hall–Kier alpha value is -1.82. The summed E-state index contributed by atoms with van der Waals surface area (Å²) in [6.07, 6.45) is 3.91. The fraction of sp³-hybridized carbons (Fsp3) is 0.429. The summed E-state index contributed by atoms with van der Waals surface area (Å²) in [5.41, 5.74) is 2.49. The zero-order valence-corrected chi connectivity index (χ0v) is 13.0. The molecule has 2 aromatic heterocycles. The Morgan fingerprint density at radius 1 is 1.55 bits per heavy atom. The Kier molecular flexibility index (Phi) is 5.17. The Morgan fingerprint density at radius 2 is 2.40 bits per heavy atom. The summed E-state index contributed by atoms with van der Waals surface area (Å²) in [7, 11) is 3.86. The van der Waals surface area contributed by atoms with E-state index in [1.54, 1.807) is 11.3 Å². The first-order valence-corrected chi connectivity index (χ1v) is 7.55. The van der Waals surface area contributed by atoms with Crippen molar-refractivity contribution in [2.45, 2.75) is 20.0 Å². The maximum atomic E-state index is 4.31. The minimum absolute atomic E-state index is 0.807. The Bertz CT molecular complexity index is 544. The highest BCUT2D eigenvalue weighted by Crippen LogP contribution is 2.08. The standard InChI is InChI=1S/C14H21N5S/c1-12-8-17-19(9-12)6-5-16-14(15-2)18(3)10-13-4-7-20-11-13/h4,7-9,11H,5-6,10H2,1-3H3,(H,15,16). The molecule has 0 bridgehead atoms. The molecule has 0 saturated heterocycles. The molecule has 0 aliphatic heterocycles. The number of aliphatic imine (C=N–C) groups is 1. The van der Waals surface area contributed by atoms with E-state index >= 15 is 0 Å². The summed E-state index contributed by atoms with van der Waals surface area (Å²) >= 11 is 1.72. The zero-order chi connectivity index (χ0) is 14.4. The molecule has 6 heteroatoms. The highest BCUT2D eigenvalue weighted by Gasteiger charge is 2.06. The molecule has 1 N–H and O–H groups in total. The highest BCUT2D eigenvalue weighted by molar-refractivity contribution is 7.07. The topological polar surface area (TPSA) is 45.5 Å². The van der Waals surface area contributed by atoms with Crippen LogP contribution in [0.15, 0.2) is 34.2 Å². The van der Waals surface area contributed by atoms with E-state index in [0.717, 1.165) is 25.6 Å². The molecule has 2 heterocycles. The molecule has 0 aromatic carbocycles. The lowest BCUT2D eigenvalue weighted by molar-refractivity contribution is 0.471. The number of nitrogens with zero attached hydrogens (tertiary/aromatic N) is 4. The third kappa shape index (κ3) is 4.09. The van der Waals surface area contributed by atoms with E-state index < -0.39 is 0 Å². The van der Waals surface area contributed by atoms with Crippen LogP contribution >= 0.6 is 11.3 Å². The van der Waals surface area contributed by atoms with Gasteiger partial charge in [-0.1, -0.05) is 0 Å². The van der Waals surface area contributed by atoms with E-state index in [9.17, 15) is 0 Å². The monoisotopic (exact) mass is 291 g/mol. The number of hydrogen-bond donors (Lipinski definition) is 1. The maximum absolute atomic E-state index is 4.31. The van der Waals surface area contributed by atoms with Crippen molar-refractivity contribution in [2.75, 3.05) is 20.6 Å². The van der Waals surface area contributed by atoms with Crippen molar-refractivity contribution in [1.29, 1.82) is 0 Å². The Morgan fingerprint density at radius 3 is 3.00 bits per heavy atom. The van der Waals surface area contributed by atoms with E-state index in [4.69, 9.17) is 0 Å². The minimum Gasteiger partial charge on any atom is -0.354 e. The van der Waals surface area contributed by atoms with Crippen molar-refractivity contribution in [2.24, 2.45) is 4.99 Å². The summed E-state index contributed by atoms with van der Waals surface area (Å²) < 4.78 is 1.94. The van der Waals surface area contributed by atoms with Gasteiger partial charge in [0.15, 0.2) is 5.96 Å². The second-order valence-corrected chi connectivity index (χ2v) is 5.52. The van der Waals surface area contributed by atoms with Gasteiger partial charge in [-0.05, 0) is 34.9 Å². The molecular formula is C14H21N5S. The van der Waals surface area contributed by atoms with Gasteiger partial charge in [0.2, 0.25) is 0 Å². The quantitative estimate of drug-likeness (QED) is 0.676. The zero-order valence-electron chi connectivity index (χ0n) is 12.2. The fourth-order valence-electron chi connectivity index (χ4n) is 1.99. The van der Waals surface area contributed by atoms with Gasteiger partial charge >= 0.3 is 0 Å². The van der Waals surface area contributed by atoms with Gasteiger partial charge in [0.05, 0.1) is 12.7 Å². The molecule has 20 heavy (non-hydrogen) atoms. The molecule has 0 spiro atoms. The van der Waals surface area contributed by atoms with Gasteiger partial charge in [-0.25, -0.2) is 0 Å². The van der Waals surface area contributed by atoms with Crippen molar-refractivity contribution >= 4 is 17.3 Å².